The molecule has 0 aliphatic heterocycles. The number of para-hydroxylation sites is 2. The molecule has 0 saturated carbocycles. The minimum Gasteiger partial charge on any atom is -0.345 e. The summed E-state index contributed by atoms with van der Waals surface area (Å²) in [5, 5.41) is 3.23. The Morgan fingerprint density at radius 3 is 2.31 bits per heavy atom. The van der Waals surface area contributed by atoms with Gasteiger partial charge in [0.15, 0.2) is 0 Å². The monoisotopic (exact) mass is 383 g/mol. The zero-order valence-corrected chi connectivity index (χ0v) is 17.0. The average Bonchev–Trinajstić information content (AvgIpc) is 3.03. The summed E-state index contributed by atoms with van der Waals surface area (Å²) in [6.45, 7) is 4.02. The van der Waals surface area contributed by atoms with Crippen LogP contribution in [-0.2, 0) is 13.5 Å². The average molecular weight is 383 g/mol. The highest BCUT2D eigenvalue weighted by molar-refractivity contribution is 5.94. The summed E-state index contributed by atoms with van der Waals surface area (Å²) in [4.78, 5) is 17.8. The molecule has 4 aromatic rings. The summed E-state index contributed by atoms with van der Waals surface area (Å²) in [5.41, 5.74) is 5.99. The number of amides is 1. The summed E-state index contributed by atoms with van der Waals surface area (Å²) in [5.74, 6) is 0.880. The molecule has 4 heteroatoms. The van der Waals surface area contributed by atoms with Gasteiger partial charge in [-0.2, -0.15) is 0 Å². The van der Waals surface area contributed by atoms with Crippen molar-refractivity contribution in [3.63, 3.8) is 0 Å². The van der Waals surface area contributed by atoms with E-state index in [0.717, 1.165) is 33.5 Å². The smallest absolute Gasteiger partial charge is 0.251 e. The molecule has 1 unspecified atom stereocenters. The van der Waals surface area contributed by atoms with Gasteiger partial charge in [-0.05, 0) is 43.7 Å². The fraction of sp³-hybridized carbons (Fsp3) is 0.200. The van der Waals surface area contributed by atoms with Crippen molar-refractivity contribution in [3.8, 4) is 0 Å². The number of hydrogen-bond donors (Lipinski definition) is 1. The summed E-state index contributed by atoms with van der Waals surface area (Å²) in [7, 11) is 2.03. The van der Waals surface area contributed by atoms with Crippen LogP contribution in [0.15, 0.2) is 72.8 Å². The van der Waals surface area contributed by atoms with E-state index in [1.54, 1.807) is 0 Å². The highest BCUT2D eigenvalue weighted by atomic mass is 16.1. The molecule has 1 N–H and O–H groups in total. The van der Waals surface area contributed by atoms with Crippen LogP contribution in [0.25, 0.3) is 11.0 Å². The number of nitrogens with zero attached hydrogens (tertiary/aromatic N) is 2. The molecule has 29 heavy (non-hydrogen) atoms. The largest absolute Gasteiger partial charge is 0.345 e. The van der Waals surface area contributed by atoms with Crippen LogP contribution in [0.5, 0.6) is 0 Å². The molecule has 1 atom stereocenters. The molecule has 0 aliphatic carbocycles. The van der Waals surface area contributed by atoms with E-state index < -0.39 is 0 Å². The number of benzene rings is 3. The topological polar surface area (TPSA) is 46.9 Å². The Labute approximate surface area is 171 Å². The quantitative estimate of drug-likeness (QED) is 0.533. The highest BCUT2D eigenvalue weighted by Crippen LogP contribution is 2.22. The number of carbonyl (C=O) groups is 1. The van der Waals surface area contributed by atoms with Crippen LogP contribution in [0, 0.1) is 13.8 Å². The van der Waals surface area contributed by atoms with Crippen LogP contribution in [-0.4, -0.2) is 15.5 Å². The summed E-state index contributed by atoms with van der Waals surface area (Å²) < 4.78 is 2.11. The van der Waals surface area contributed by atoms with Gasteiger partial charge in [-0.1, -0.05) is 59.7 Å². The molecule has 4 rings (SSSR count). The maximum Gasteiger partial charge on any atom is 0.251 e. The lowest BCUT2D eigenvalue weighted by atomic mass is 10.0. The standard InChI is InChI=1S/C25H25N3O/c1-17-13-18(2)15-20(14-17)25(29)27-22(19-9-5-4-6-10-19)16-24-26-21-11-7-8-12-23(21)28(24)3/h4-15,22H,16H2,1-3H3,(H,27,29). The second kappa shape index (κ2) is 7.92. The Morgan fingerprint density at radius 2 is 1.62 bits per heavy atom. The molecule has 0 saturated heterocycles. The molecule has 0 aliphatic rings. The maximum atomic E-state index is 13.0. The summed E-state index contributed by atoms with van der Waals surface area (Å²) in [6, 6.07) is 24.0. The number of fused-ring (bicyclic) bond motifs is 1. The second-order valence-corrected chi connectivity index (χ2v) is 7.59. The molecule has 3 aromatic carbocycles. The SMILES string of the molecule is Cc1cc(C)cc(C(=O)NC(Cc2nc3ccccc3n2C)c2ccccc2)c1. The van der Waals surface area contributed by atoms with Crippen molar-refractivity contribution in [2.45, 2.75) is 26.3 Å². The number of imidazole rings is 1. The number of aryl methyl sites for hydroxylation is 3. The predicted molar refractivity (Wildman–Crippen MR) is 117 cm³/mol. The molecule has 146 valence electrons. The van der Waals surface area contributed by atoms with Gasteiger partial charge in [-0.15, -0.1) is 0 Å². The highest BCUT2D eigenvalue weighted by Gasteiger charge is 2.20. The third kappa shape index (κ3) is 4.06. The number of carbonyl (C=O) groups excluding carboxylic acids is 1. The van der Waals surface area contributed by atoms with Gasteiger partial charge < -0.3 is 9.88 Å². The van der Waals surface area contributed by atoms with E-state index in [2.05, 4.69) is 34.1 Å². The number of aromatic nitrogens is 2. The molecule has 0 spiro atoms. The predicted octanol–water partition coefficient (Wildman–Crippen LogP) is 4.90. The molecule has 1 amide bonds. The Balaban J connectivity index is 1.66. The number of nitrogens with one attached hydrogen (secondary N) is 1. The molecular formula is C25H25N3O. The molecule has 0 bridgehead atoms. The van der Waals surface area contributed by atoms with E-state index >= 15 is 0 Å². The molecular weight excluding hydrogens is 358 g/mol. The van der Waals surface area contributed by atoms with Crippen LogP contribution in [0.2, 0.25) is 0 Å². The summed E-state index contributed by atoms with van der Waals surface area (Å²) >= 11 is 0. The van der Waals surface area contributed by atoms with Gasteiger partial charge in [-0.25, -0.2) is 4.98 Å². The van der Waals surface area contributed by atoms with Crippen LogP contribution in [0.4, 0.5) is 0 Å². The lowest BCUT2D eigenvalue weighted by Crippen LogP contribution is -2.30. The van der Waals surface area contributed by atoms with Gasteiger partial charge in [0, 0.05) is 19.0 Å². The molecule has 1 heterocycles. The first-order valence-corrected chi connectivity index (χ1v) is 9.86. The van der Waals surface area contributed by atoms with E-state index in [1.165, 1.54) is 0 Å². The van der Waals surface area contributed by atoms with Crippen molar-refractivity contribution >= 4 is 16.9 Å². The zero-order chi connectivity index (χ0) is 20.4. The second-order valence-electron chi connectivity index (χ2n) is 7.59. The van der Waals surface area contributed by atoms with Gasteiger partial charge in [0.25, 0.3) is 5.91 Å². The Bertz CT molecular complexity index is 1140. The van der Waals surface area contributed by atoms with E-state index in [9.17, 15) is 4.79 Å². The Kier molecular flexibility index (Phi) is 5.17. The minimum absolute atomic E-state index is 0.0654. The first kappa shape index (κ1) is 18.9. The van der Waals surface area contributed by atoms with E-state index in [1.807, 2.05) is 69.4 Å². The van der Waals surface area contributed by atoms with Crippen molar-refractivity contribution in [1.29, 1.82) is 0 Å². The van der Waals surface area contributed by atoms with Gasteiger partial charge in [0.2, 0.25) is 0 Å². The number of rotatable bonds is 5. The van der Waals surface area contributed by atoms with Gasteiger partial charge >= 0.3 is 0 Å². The van der Waals surface area contributed by atoms with Gasteiger partial charge in [0.1, 0.15) is 5.82 Å². The lowest BCUT2D eigenvalue weighted by Gasteiger charge is -2.20. The van der Waals surface area contributed by atoms with Crippen molar-refractivity contribution in [3.05, 3.63) is 101 Å². The fourth-order valence-corrected chi connectivity index (χ4v) is 3.85. The van der Waals surface area contributed by atoms with Crippen molar-refractivity contribution in [2.24, 2.45) is 7.05 Å². The van der Waals surface area contributed by atoms with Crippen LogP contribution >= 0.6 is 0 Å². The van der Waals surface area contributed by atoms with Crippen molar-refractivity contribution in [2.75, 3.05) is 0 Å². The molecule has 0 fully saturated rings. The first-order valence-electron chi connectivity index (χ1n) is 9.86. The fourth-order valence-electron chi connectivity index (χ4n) is 3.85. The van der Waals surface area contributed by atoms with Crippen LogP contribution in [0.1, 0.15) is 38.9 Å². The molecule has 0 radical (unpaired) electrons. The van der Waals surface area contributed by atoms with Gasteiger partial charge in [0.05, 0.1) is 17.1 Å². The normalized spacial score (nSPS) is 12.1. The van der Waals surface area contributed by atoms with Crippen molar-refractivity contribution in [1.82, 2.24) is 14.9 Å². The van der Waals surface area contributed by atoms with E-state index in [4.69, 9.17) is 4.98 Å². The first-order chi connectivity index (χ1) is 14.0. The van der Waals surface area contributed by atoms with E-state index in [-0.39, 0.29) is 11.9 Å². The lowest BCUT2D eigenvalue weighted by molar-refractivity contribution is 0.0936. The molecule has 1 aromatic heterocycles. The third-order valence-electron chi connectivity index (χ3n) is 5.26. The van der Waals surface area contributed by atoms with Gasteiger partial charge in [-0.3, -0.25) is 4.79 Å². The third-order valence-corrected chi connectivity index (χ3v) is 5.26. The van der Waals surface area contributed by atoms with Crippen LogP contribution < -0.4 is 5.32 Å². The minimum atomic E-state index is -0.167. The maximum absolute atomic E-state index is 13.0. The Morgan fingerprint density at radius 1 is 0.966 bits per heavy atom. The van der Waals surface area contributed by atoms with Crippen LogP contribution in [0.3, 0.4) is 0 Å². The molecule has 4 nitrogen and oxygen atoms in total. The zero-order valence-electron chi connectivity index (χ0n) is 17.0. The van der Waals surface area contributed by atoms with Crippen molar-refractivity contribution < 1.29 is 4.79 Å². The van der Waals surface area contributed by atoms with E-state index in [0.29, 0.717) is 12.0 Å². The Hall–Kier alpha value is -3.40. The summed E-state index contributed by atoms with van der Waals surface area (Å²) in [6.07, 6.45) is 0.617. The number of hydrogen-bond acceptors (Lipinski definition) is 2.